The number of nitrogens with one attached hydrogen (secondary N) is 4. The van der Waals surface area contributed by atoms with Gasteiger partial charge in [0.25, 0.3) is 5.91 Å². The van der Waals surface area contributed by atoms with Crippen LogP contribution < -0.4 is 21.3 Å². The summed E-state index contributed by atoms with van der Waals surface area (Å²) in [6, 6.07) is 9.93. The maximum atomic E-state index is 12.6. The first-order valence-electron chi connectivity index (χ1n) is 10.5. The molecule has 0 heterocycles. The minimum atomic E-state index is -0.991. The number of carboxylic acids is 1. The lowest BCUT2D eigenvalue weighted by Crippen LogP contribution is -2.36. The Morgan fingerprint density at radius 2 is 1.82 bits per heavy atom. The first-order chi connectivity index (χ1) is 16.1. The minimum Gasteiger partial charge on any atom is -0.481 e. The molecule has 5 N–H and O–H groups in total. The van der Waals surface area contributed by atoms with Crippen LogP contribution in [0.15, 0.2) is 41.4 Å². The summed E-state index contributed by atoms with van der Waals surface area (Å²) in [5, 5.41) is 20.9. The van der Waals surface area contributed by atoms with E-state index in [-0.39, 0.29) is 36.1 Å². The molecule has 0 radical (unpaired) electrons. The normalized spacial score (nSPS) is 11.2. The predicted octanol–water partition coefficient (Wildman–Crippen LogP) is 3.77. The highest BCUT2D eigenvalue weighted by Gasteiger charge is 2.15. The van der Waals surface area contributed by atoms with Gasteiger partial charge in [-0.05, 0) is 56.2 Å². The minimum absolute atomic E-state index is 0.131. The molecule has 0 atom stereocenters. The molecule has 11 heteroatoms. The summed E-state index contributed by atoms with van der Waals surface area (Å²) in [6.45, 7) is 3.65. The lowest BCUT2D eigenvalue weighted by molar-refractivity contribution is -0.137. The van der Waals surface area contributed by atoms with Crippen molar-refractivity contribution in [1.82, 2.24) is 10.6 Å². The number of guanidine groups is 1. The van der Waals surface area contributed by atoms with Crippen LogP contribution in [0.5, 0.6) is 0 Å². The third-order valence-corrected chi connectivity index (χ3v) is 4.97. The summed E-state index contributed by atoms with van der Waals surface area (Å²) < 4.78 is 0. The number of carboxylic acid groups (broad SMARTS) is 1. The Bertz CT molecular complexity index is 1090. The van der Waals surface area contributed by atoms with Crippen molar-refractivity contribution >= 4 is 58.3 Å². The highest BCUT2D eigenvalue weighted by Crippen LogP contribution is 2.31. The Balaban J connectivity index is 2.02. The fourth-order valence-corrected chi connectivity index (χ4v) is 3.54. The van der Waals surface area contributed by atoms with Crippen LogP contribution in [0.1, 0.15) is 36.2 Å². The fraction of sp³-hybridized carbons (Fsp3) is 0.304. The van der Waals surface area contributed by atoms with Gasteiger partial charge in [0.05, 0.1) is 17.3 Å². The van der Waals surface area contributed by atoms with Gasteiger partial charge in [-0.15, -0.1) is 0 Å². The zero-order valence-electron chi connectivity index (χ0n) is 19.0. The molecule has 2 aromatic carbocycles. The van der Waals surface area contributed by atoms with Gasteiger partial charge in [0.1, 0.15) is 0 Å². The lowest BCUT2D eigenvalue weighted by atomic mass is 10.1. The van der Waals surface area contributed by atoms with E-state index in [1.165, 1.54) is 6.07 Å². The number of hydrogen-bond donors (Lipinski definition) is 5. The van der Waals surface area contributed by atoms with E-state index < -0.39 is 17.8 Å². The Morgan fingerprint density at radius 1 is 1.09 bits per heavy atom. The molecule has 34 heavy (non-hydrogen) atoms. The van der Waals surface area contributed by atoms with Crippen LogP contribution in [0, 0.1) is 0 Å². The number of aliphatic imine (C=N–C) groups is 1. The molecule has 0 aliphatic heterocycles. The number of amides is 2. The average molecular weight is 508 g/mol. The van der Waals surface area contributed by atoms with Crippen molar-refractivity contribution in [2.75, 3.05) is 24.2 Å². The second kappa shape index (κ2) is 12.8. The zero-order chi connectivity index (χ0) is 25.3. The third kappa shape index (κ3) is 8.57. The second-order valence-corrected chi connectivity index (χ2v) is 8.47. The molecule has 0 bridgehead atoms. The predicted molar refractivity (Wildman–Crippen MR) is 135 cm³/mol. The Morgan fingerprint density at radius 3 is 2.47 bits per heavy atom. The molecule has 0 spiro atoms. The number of halogens is 2. The second-order valence-electron chi connectivity index (χ2n) is 7.62. The summed E-state index contributed by atoms with van der Waals surface area (Å²) >= 11 is 12.2. The van der Waals surface area contributed by atoms with E-state index in [0.29, 0.717) is 27.8 Å². The maximum Gasteiger partial charge on any atom is 0.303 e. The first kappa shape index (κ1) is 26.9. The van der Waals surface area contributed by atoms with Crippen LogP contribution in [-0.2, 0) is 16.0 Å². The lowest BCUT2D eigenvalue weighted by Gasteiger charge is -2.15. The van der Waals surface area contributed by atoms with E-state index >= 15 is 0 Å². The summed E-state index contributed by atoms with van der Waals surface area (Å²) in [4.78, 5) is 40.1. The molecule has 0 saturated heterocycles. The number of rotatable bonds is 9. The van der Waals surface area contributed by atoms with Gasteiger partial charge in [-0.1, -0.05) is 29.3 Å². The van der Waals surface area contributed by atoms with Crippen LogP contribution in [0.2, 0.25) is 10.0 Å². The average Bonchev–Trinajstić information content (AvgIpc) is 2.77. The van der Waals surface area contributed by atoms with Gasteiger partial charge >= 0.3 is 5.97 Å². The van der Waals surface area contributed by atoms with E-state index in [1.807, 2.05) is 13.8 Å². The van der Waals surface area contributed by atoms with Crippen molar-refractivity contribution < 1.29 is 19.5 Å². The molecule has 2 aromatic rings. The number of benzene rings is 2. The molecule has 0 aromatic heterocycles. The van der Waals surface area contributed by atoms with Gasteiger partial charge in [0.15, 0.2) is 5.96 Å². The van der Waals surface area contributed by atoms with E-state index in [1.54, 1.807) is 37.4 Å². The Hall–Kier alpha value is -3.30. The first-order valence-corrected chi connectivity index (χ1v) is 11.2. The Kier molecular flexibility index (Phi) is 10.2. The van der Waals surface area contributed by atoms with Gasteiger partial charge in [0, 0.05) is 35.8 Å². The van der Waals surface area contributed by atoms with Gasteiger partial charge in [0.2, 0.25) is 5.91 Å². The topological polar surface area (TPSA) is 132 Å². The zero-order valence-corrected chi connectivity index (χ0v) is 20.5. The molecule has 0 aliphatic rings. The van der Waals surface area contributed by atoms with E-state index in [2.05, 4.69) is 26.3 Å². The van der Waals surface area contributed by atoms with E-state index in [9.17, 15) is 14.4 Å². The van der Waals surface area contributed by atoms with Crippen molar-refractivity contribution in [1.29, 1.82) is 0 Å². The number of carbonyl (C=O) groups excluding carboxylic acids is 2. The third-order valence-electron chi connectivity index (χ3n) is 4.46. The van der Waals surface area contributed by atoms with Crippen LogP contribution in [-0.4, -0.2) is 48.5 Å². The molecular weight excluding hydrogens is 481 g/mol. The van der Waals surface area contributed by atoms with E-state index in [0.717, 1.165) is 0 Å². The summed E-state index contributed by atoms with van der Waals surface area (Å²) in [5.41, 5.74) is 1.76. The van der Waals surface area contributed by atoms with E-state index in [4.69, 9.17) is 28.3 Å². The van der Waals surface area contributed by atoms with Gasteiger partial charge in [-0.3, -0.25) is 19.4 Å². The molecule has 0 saturated carbocycles. The van der Waals surface area contributed by atoms with Crippen molar-refractivity contribution in [2.45, 2.75) is 32.7 Å². The SMILES string of the molecule is CN=C(Nc1cccc(C(=O)NCC(=O)Nc2c(Cl)cc(Cl)cc2CCC(=O)O)c1)NC(C)C. The summed E-state index contributed by atoms with van der Waals surface area (Å²) in [6.07, 6.45) is -0.0239. The molecule has 2 amide bonds. The van der Waals surface area contributed by atoms with Gasteiger partial charge < -0.3 is 26.4 Å². The monoisotopic (exact) mass is 507 g/mol. The molecule has 182 valence electrons. The smallest absolute Gasteiger partial charge is 0.303 e. The quantitative estimate of drug-likeness (QED) is 0.259. The van der Waals surface area contributed by atoms with Crippen LogP contribution in [0.4, 0.5) is 11.4 Å². The highest BCUT2D eigenvalue weighted by molar-refractivity contribution is 6.37. The number of hydrogen-bond acceptors (Lipinski definition) is 4. The molecule has 0 aliphatic carbocycles. The van der Waals surface area contributed by atoms with Crippen molar-refractivity contribution in [3.05, 3.63) is 57.6 Å². The van der Waals surface area contributed by atoms with Gasteiger partial charge in [-0.25, -0.2) is 0 Å². The van der Waals surface area contributed by atoms with Crippen molar-refractivity contribution in [2.24, 2.45) is 4.99 Å². The standard InChI is InChI=1S/C23H27Cl2N5O4/c1-13(2)28-23(26-3)29-17-6-4-5-15(10-17)22(34)27-12-19(31)30-21-14(7-8-20(32)33)9-16(24)11-18(21)25/h4-6,9-11,13H,7-8,12H2,1-3H3,(H,27,34)(H,30,31)(H,32,33)(H2,26,28,29). The molecule has 2 rings (SSSR count). The van der Waals surface area contributed by atoms with Crippen LogP contribution in [0.3, 0.4) is 0 Å². The number of carbonyl (C=O) groups is 3. The number of aryl methyl sites for hydroxylation is 1. The van der Waals surface area contributed by atoms with Crippen LogP contribution in [0.25, 0.3) is 0 Å². The maximum absolute atomic E-state index is 12.6. The van der Waals surface area contributed by atoms with Gasteiger partial charge in [-0.2, -0.15) is 0 Å². The number of aliphatic carboxylic acids is 1. The fourth-order valence-electron chi connectivity index (χ4n) is 2.96. The summed E-state index contributed by atoms with van der Waals surface area (Å²) in [5.74, 6) is -1.40. The Labute approximate surface area is 207 Å². The molecular formula is C23H27Cl2N5O4. The van der Waals surface area contributed by atoms with Crippen molar-refractivity contribution in [3.8, 4) is 0 Å². The molecule has 0 fully saturated rings. The number of nitrogens with zero attached hydrogens (tertiary/aromatic N) is 1. The van der Waals surface area contributed by atoms with Crippen LogP contribution >= 0.6 is 23.2 Å². The van der Waals surface area contributed by atoms with Crippen molar-refractivity contribution in [3.63, 3.8) is 0 Å². The highest BCUT2D eigenvalue weighted by atomic mass is 35.5. The number of anilines is 2. The summed E-state index contributed by atoms with van der Waals surface area (Å²) in [7, 11) is 1.65. The molecule has 9 nitrogen and oxygen atoms in total. The molecule has 0 unspecified atom stereocenters. The largest absolute Gasteiger partial charge is 0.481 e.